The number of nitrogens with zero attached hydrogens (tertiary/aromatic N) is 2. The zero-order chi connectivity index (χ0) is 14.0. The van der Waals surface area contributed by atoms with Gasteiger partial charge >= 0.3 is 0 Å². The molecule has 0 saturated carbocycles. The van der Waals surface area contributed by atoms with Crippen LogP contribution in [0, 0.1) is 5.82 Å². The smallest absolute Gasteiger partial charge is 0.130 e. The third-order valence-electron chi connectivity index (χ3n) is 4.00. The Kier molecular flexibility index (Phi) is 4.42. The summed E-state index contributed by atoms with van der Waals surface area (Å²) in [5.41, 5.74) is 7.53. The van der Waals surface area contributed by atoms with Gasteiger partial charge in [0.2, 0.25) is 0 Å². The predicted octanol–water partition coefficient (Wildman–Crippen LogP) is 2.38. The van der Waals surface area contributed by atoms with E-state index in [2.05, 4.69) is 23.6 Å². The lowest BCUT2D eigenvalue weighted by Crippen LogP contribution is -2.52. The van der Waals surface area contributed by atoms with Crippen molar-refractivity contribution in [3.63, 3.8) is 0 Å². The molecule has 0 bridgehead atoms. The van der Waals surface area contributed by atoms with Crippen molar-refractivity contribution in [3.8, 4) is 0 Å². The minimum atomic E-state index is -0.282. The van der Waals surface area contributed by atoms with Gasteiger partial charge in [0.05, 0.1) is 0 Å². The summed E-state index contributed by atoms with van der Waals surface area (Å²) in [6, 6.07) is 5.45. The maximum atomic E-state index is 14.0. The Morgan fingerprint density at radius 1 is 1.42 bits per heavy atom. The highest BCUT2D eigenvalue weighted by Gasteiger charge is 2.25. The molecule has 106 valence electrons. The number of nitrogens with two attached hydrogens (primary N) is 1. The SMILES string of the molecule is CCN1CCN(c2cccc(F)c2[C@H](C)N)CC1C. The molecule has 1 fully saturated rings. The van der Waals surface area contributed by atoms with Crippen molar-refractivity contribution in [1.82, 2.24) is 4.90 Å². The highest BCUT2D eigenvalue weighted by Crippen LogP contribution is 2.29. The molecule has 0 radical (unpaired) electrons. The number of likely N-dealkylation sites (N-methyl/N-ethyl adjacent to an activating group) is 1. The molecule has 1 aliphatic heterocycles. The Labute approximate surface area is 115 Å². The van der Waals surface area contributed by atoms with E-state index in [1.807, 2.05) is 13.0 Å². The van der Waals surface area contributed by atoms with Crippen LogP contribution in [-0.2, 0) is 0 Å². The Morgan fingerprint density at radius 3 is 2.74 bits per heavy atom. The lowest BCUT2D eigenvalue weighted by molar-refractivity contribution is 0.199. The van der Waals surface area contributed by atoms with Crippen molar-refractivity contribution in [3.05, 3.63) is 29.6 Å². The molecule has 1 saturated heterocycles. The zero-order valence-electron chi connectivity index (χ0n) is 12.1. The van der Waals surface area contributed by atoms with Crippen molar-refractivity contribution in [1.29, 1.82) is 0 Å². The fourth-order valence-corrected chi connectivity index (χ4v) is 2.94. The molecule has 3 nitrogen and oxygen atoms in total. The molecular formula is C15H24FN3. The number of hydrogen-bond acceptors (Lipinski definition) is 3. The second-order valence-corrected chi connectivity index (χ2v) is 5.38. The predicted molar refractivity (Wildman–Crippen MR) is 77.9 cm³/mol. The molecule has 4 heteroatoms. The maximum absolute atomic E-state index is 14.0. The Morgan fingerprint density at radius 2 is 2.16 bits per heavy atom. The molecule has 0 aliphatic carbocycles. The van der Waals surface area contributed by atoms with Crippen LogP contribution in [0.1, 0.15) is 32.4 Å². The van der Waals surface area contributed by atoms with Crippen LogP contribution in [0.25, 0.3) is 0 Å². The number of benzene rings is 1. The van der Waals surface area contributed by atoms with Crippen LogP contribution in [0.2, 0.25) is 0 Å². The maximum Gasteiger partial charge on any atom is 0.130 e. The van der Waals surface area contributed by atoms with Crippen LogP contribution >= 0.6 is 0 Å². The number of halogens is 1. The summed E-state index contributed by atoms with van der Waals surface area (Å²) >= 11 is 0. The van der Waals surface area contributed by atoms with E-state index in [0.717, 1.165) is 31.9 Å². The van der Waals surface area contributed by atoms with Crippen LogP contribution in [0.3, 0.4) is 0 Å². The first-order valence-electron chi connectivity index (χ1n) is 7.07. The highest BCUT2D eigenvalue weighted by molar-refractivity contribution is 5.56. The number of piperazine rings is 1. The lowest BCUT2D eigenvalue weighted by Gasteiger charge is -2.41. The van der Waals surface area contributed by atoms with Crippen molar-refractivity contribution in [2.75, 3.05) is 31.1 Å². The minimum absolute atomic E-state index is 0.196. The van der Waals surface area contributed by atoms with Crippen LogP contribution in [0.5, 0.6) is 0 Å². The summed E-state index contributed by atoms with van der Waals surface area (Å²) in [5.74, 6) is -0.196. The van der Waals surface area contributed by atoms with Gasteiger partial charge in [0.1, 0.15) is 5.82 Å². The van der Waals surface area contributed by atoms with Gasteiger partial charge in [0, 0.05) is 43.0 Å². The summed E-state index contributed by atoms with van der Waals surface area (Å²) in [5, 5.41) is 0. The third kappa shape index (κ3) is 2.90. The molecule has 0 aromatic heterocycles. The topological polar surface area (TPSA) is 32.5 Å². The van der Waals surface area contributed by atoms with E-state index in [9.17, 15) is 4.39 Å². The fourth-order valence-electron chi connectivity index (χ4n) is 2.94. The standard InChI is InChI=1S/C15H24FN3/c1-4-18-8-9-19(10-11(18)2)14-7-5-6-13(16)15(14)12(3)17/h5-7,11-12H,4,8-10,17H2,1-3H3/t11?,12-/m0/s1. The molecule has 1 aromatic rings. The van der Waals surface area contributed by atoms with Crippen molar-refractivity contribution in [2.24, 2.45) is 5.73 Å². The van der Waals surface area contributed by atoms with E-state index >= 15 is 0 Å². The number of rotatable bonds is 3. The van der Waals surface area contributed by atoms with Gasteiger partial charge in [0.25, 0.3) is 0 Å². The summed E-state index contributed by atoms with van der Waals surface area (Å²) in [6.45, 7) is 10.2. The van der Waals surface area contributed by atoms with Crippen molar-refractivity contribution < 1.29 is 4.39 Å². The van der Waals surface area contributed by atoms with Gasteiger partial charge in [-0.25, -0.2) is 4.39 Å². The van der Waals surface area contributed by atoms with Crippen LogP contribution in [0.15, 0.2) is 18.2 Å². The monoisotopic (exact) mass is 265 g/mol. The fraction of sp³-hybridized carbons (Fsp3) is 0.600. The Balaban J connectivity index is 2.26. The molecule has 0 amide bonds. The molecule has 1 heterocycles. The third-order valence-corrected chi connectivity index (χ3v) is 4.00. The van der Waals surface area contributed by atoms with Crippen LogP contribution in [-0.4, -0.2) is 37.1 Å². The second-order valence-electron chi connectivity index (χ2n) is 5.38. The quantitative estimate of drug-likeness (QED) is 0.910. The van der Waals surface area contributed by atoms with E-state index < -0.39 is 0 Å². The number of hydrogen-bond donors (Lipinski definition) is 1. The zero-order valence-corrected chi connectivity index (χ0v) is 12.1. The molecule has 2 atom stereocenters. The molecule has 1 unspecified atom stereocenters. The molecule has 1 aliphatic rings. The van der Waals surface area contributed by atoms with E-state index in [-0.39, 0.29) is 11.9 Å². The van der Waals surface area contributed by atoms with Gasteiger partial charge in [-0.1, -0.05) is 13.0 Å². The summed E-state index contributed by atoms with van der Waals surface area (Å²) in [4.78, 5) is 4.71. The largest absolute Gasteiger partial charge is 0.368 e. The molecule has 2 rings (SSSR count). The average Bonchev–Trinajstić information content (AvgIpc) is 2.37. The highest BCUT2D eigenvalue weighted by atomic mass is 19.1. The normalized spacial score (nSPS) is 22.6. The summed E-state index contributed by atoms with van der Waals surface area (Å²) < 4.78 is 14.0. The molecule has 1 aromatic carbocycles. The first kappa shape index (κ1) is 14.3. The van der Waals surface area contributed by atoms with Crippen molar-refractivity contribution in [2.45, 2.75) is 32.9 Å². The van der Waals surface area contributed by atoms with Gasteiger partial charge in [-0.2, -0.15) is 0 Å². The van der Waals surface area contributed by atoms with Crippen molar-refractivity contribution >= 4 is 5.69 Å². The summed E-state index contributed by atoms with van der Waals surface area (Å²) in [7, 11) is 0. The first-order chi connectivity index (χ1) is 9.04. The lowest BCUT2D eigenvalue weighted by atomic mass is 10.0. The van der Waals surface area contributed by atoms with Gasteiger partial charge in [0.15, 0.2) is 0 Å². The van der Waals surface area contributed by atoms with E-state index in [4.69, 9.17) is 5.73 Å². The Hall–Kier alpha value is -1.13. The number of anilines is 1. The van der Waals surface area contributed by atoms with Crippen LogP contribution < -0.4 is 10.6 Å². The van der Waals surface area contributed by atoms with Gasteiger partial charge in [-0.3, -0.25) is 4.90 Å². The van der Waals surface area contributed by atoms with Gasteiger partial charge < -0.3 is 10.6 Å². The van der Waals surface area contributed by atoms with Gasteiger partial charge in [-0.15, -0.1) is 0 Å². The molecule has 2 N–H and O–H groups in total. The second kappa shape index (κ2) is 5.88. The molecular weight excluding hydrogens is 241 g/mol. The Bertz CT molecular complexity index is 433. The summed E-state index contributed by atoms with van der Waals surface area (Å²) in [6.07, 6.45) is 0. The first-order valence-corrected chi connectivity index (χ1v) is 7.07. The van der Waals surface area contributed by atoms with E-state index in [0.29, 0.717) is 11.6 Å². The van der Waals surface area contributed by atoms with E-state index in [1.165, 1.54) is 6.07 Å². The van der Waals surface area contributed by atoms with Gasteiger partial charge in [-0.05, 0) is 32.5 Å². The van der Waals surface area contributed by atoms with E-state index in [1.54, 1.807) is 6.07 Å². The molecule has 19 heavy (non-hydrogen) atoms. The molecule has 0 spiro atoms. The van der Waals surface area contributed by atoms with Crippen LogP contribution in [0.4, 0.5) is 10.1 Å². The average molecular weight is 265 g/mol. The minimum Gasteiger partial charge on any atom is -0.368 e.